The molecule has 0 aliphatic carbocycles. The van der Waals surface area contributed by atoms with Gasteiger partial charge in [0.25, 0.3) is 0 Å². The topological polar surface area (TPSA) is 35.5 Å². The van der Waals surface area contributed by atoms with Gasteiger partial charge >= 0.3 is 7.60 Å². The van der Waals surface area contributed by atoms with Crippen LogP contribution in [0.2, 0.25) is 0 Å². The minimum Gasteiger partial charge on any atom is -0.309 e. The Morgan fingerprint density at radius 1 is 0.406 bits per heavy atom. The van der Waals surface area contributed by atoms with Crippen molar-refractivity contribution in [1.82, 2.24) is 0 Å². The summed E-state index contributed by atoms with van der Waals surface area (Å²) in [6, 6.07) is 0. The van der Waals surface area contributed by atoms with Crippen LogP contribution in [-0.2, 0) is 13.6 Å². The van der Waals surface area contributed by atoms with Gasteiger partial charge in [-0.3, -0.25) is 4.57 Å². The van der Waals surface area contributed by atoms with E-state index in [0.29, 0.717) is 19.4 Å². The highest BCUT2D eigenvalue weighted by molar-refractivity contribution is 7.53. The van der Waals surface area contributed by atoms with Gasteiger partial charge in [0.05, 0.1) is 19.4 Å². The summed E-state index contributed by atoms with van der Waals surface area (Å²) < 4.78 is 25.1. The maximum atomic E-state index is 13.3. The third-order valence-electron chi connectivity index (χ3n) is 6.36. The third-order valence-corrected chi connectivity index (χ3v) is 8.37. The Labute approximate surface area is 202 Å². The van der Waals surface area contributed by atoms with E-state index in [1.807, 2.05) is 0 Å². The Morgan fingerprint density at radius 2 is 0.688 bits per heavy atom. The number of hydrogen-bond donors (Lipinski definition) is 0. The van der Waals surface area contributed by atoms with Gasteiger partial charge in [0.2, 0.25) is 0 Å². The first-order chi connectivity index (χ1) is 15.7. The number of hydrogen-bond acceptors (Lipinski definition) is 3. The number of unbranched alkanes of at least 4 members (excludes halogenated alkanes) is 19. The van der Waals surface area contributed by atoms with E-state index >= 15 is 0 Å². The van der Waals surface area contributed by atoms with Gasteiger partial charge in [-0.1, -0.05) is 143 Å². The molecule has 0 aromatic rings. The predicted molar refractivity (Wildman–Crippen MR) is 143 cm³/mol. The van der Waals surface area contributed by atoms with Crippen molar-refractivity contribution in [3.05, 3.63) is 0 Å². The Balaban J connectivity index is 4.02. The summed E-state index contributed by atoms with van der Waals surface area (Å²) >= 11 is 0. The van der Waals surface area contributed by atoms with Gasteiger partial charge < -0.3 is 9.05 Å². The average molecular weight is 475 g/mol. The monoisotopic (exact) mass is 474 g/mol. The summed E-state index contributed by atoms with van der Waals surface area (Å²) in [7, 11) is -2.92. The molecule has 0 rings (SSSR count). The van der Waals surface area contributed by atoms with Crippen LogP contribution in [0.15, 0.2) is 0 Å². The minimum absolute atomic E-state index is 0.597. The molecule has 0 aliphatic heterocycles. The van der Waals surface area contributed by atoms with Crippen molar-refractivity contribution in [1.29, 1.82) is 0 Å². The summed E-state index contributed by atoms with van der Waals surface area (Å²) in [5.41, 5.74) is 0. The zero-order chi connectivity index (χ0) is 23.6. The van der Waals surface area contributed by atoms with E-state index < -0.39 is 7.60 Å². The molecule has 0 heterocycles. The van der Waals surface area contributed by atoms with Crippen molar-refractivity contribution in [3.8, 4) is 0 Å². The van der Waals surface area contributed by atoms with E-state index in [-0.39, 0.29) is 0 Å². The van der Waals surface area contributed by atoms with E-state index in [1.165, 1.54) is 116 Å². The lowest BCUT2D eigenvalue weighted by atomic mass is 10.1. The van der Waals surface area contributed by atoms with Crippen molar-refractivity contribution >= 4 is 7.60 Å². The molecule has 0 aromatic heterocycles. The molecule has 0 N–H and O–H groups in total. The molecule has 0 spiro atoms. The fourth-order valence-electron chi connectivity index (χ4n) is 4.13. The summed E-state index contributed by atoms with van der Waals surface area (Å²) in [4.78, 5) is 0. The van der Waals surface area contributed by atoms with Crippen LogP contribution in [-0.4, -0.2) is 19.4 Å². The van der Waals surface area contributed by atoms with Crippen LogP contribution in [0.3, 0.4) is 0 Å². The first-order valence-corrected chi connectivity index (χ1v) is 16.3. The molecule has 4 heteroatoms. The first-order valence-electron chi connectivity index (χ1n) is 14.6. The SMILES string of the molecule is CCCCCCCCCCOP(=O)(CCCCCCCC)OCCCCCCCCCC. The van der Waals surface area contributed by atoms with Crippen LogP contribution >= 0.6 is 7.60 Å². The second-order valence-electron chi connectivity index (χ2n) is 9.72. The first kappa shape index (κ1) is 32.1. The molecule has 0 radical (unpaired) electrons. The summed E-state index contributed by atoms with van der Waals surface area (Å²) in [6.07, 6.45) is 28.2. The van der Waals surface area contributed by atoms with Crippen LogP contribution in [0.1, 0.15) is 162 Å². The van der Waals surface area contributed by atoms with Gasteiger partial charge in [-0.25, -0.2) is 0 Å². The van der Waals surface area contributed by atoms with Gasteiger partial charge in [-0.05, 0) is 19.3 Å². The lowest BCUT2D eigenvalue weighted by Crippen LogP contribution is -2.04. The Kier molecular flexibility index (Phi) is 25.9. The molecule has 0 saturated carbocycles. The fraction of sp³-hybridized carbons (Fsp3) is 1.00. The molecule has 0 amide bonds. The maximum absolute atomic E-state index is 13.3. The van der Waals surface area contributed by atoms with Crippen LogP contribution in [0.25, 0.3) is 0 Å². The molecule has 0 aromatic carbocycles. The zero-order valence-electron chi connectivity index (χ0n) is 22.3. The number of rotatable bonds is 27. The minimum atomic E-state index is -2.92. The zero-order valence-corrected chi connectivity index (χ0v) is 23.2. The highest BCUT2D eigenvalue weighted by Gasteiger charge is 2.23. The van der Waals surface area contributed by atoms with E-state index in [0.717, 1.165) is 25.7 Å². The lowest BCUT2D eigenvalue weighted by molar-refractivity contribution is 0.197. The largest absolute Gasteiger partial charge is 0.330 e. The van der Waals surface area contributed by atoms with Gasteiger partial charge in [-0.2, -0.15) is 0 Å². The summed E-state index contributed by atoms with van der Waals surface area (Å²) in [5, 5.41) is 0. The van der Waals surface area contributed by atoms with Crippen molar-refractivity contribution in [2.75, 3.05) is 19.4 Å². The molecule has 0 fully saturated rings. The Morgan fingerprint density at radius 3 is 1.03 bits per heavy atom. The lowest BCUT2D eigenvalue weighted by Gasteiger charge is -2.19. The van der Waals surface area contributed by atoms with Gasteiger partial charge in [0.1, 0.15) is 0 Å². The molecular formula is C28H59O3P. The second kappa shape index (κ2) is 25.8. The third kappa shape index (κ3) is 23.3. The Hall–Kier alpha value is 0.150. The molecule has 0 atom stereocenters. The van der Waals surface area contributed by atoms with Crippen LogP contribution in [0, 0.1) is 0 Å². The van der Waals surface area contributed by atoms with Crippen LogP contribution in [0.5, 0.6) is 0 Å². The van der Waals surface area contributed by atoms with Crippen molar-refractivity contribution in [2.24, 2.45) is 0 Å². The molecule has 3 nitrogen and oxygen atoms in total. The Bertz CT molecular complexity index is 374. The molecule has 0 saturated heterocycles. The van der Waals surface area contributed by atoms with Crippen molar-refractivity contribution in [2.45, 2.75) is 162 Å². The maximum Gasteiger partial charge on any atom is 0.330 e. The molecular weight excluding hydrogens is 415 g/mol. The van der Waals surface area contributed by atoms with Gasteiger partial charge in [-0.15, -0.1) is 0 Å². The van der Waals surface area contributed by atoms with Crippen LogP contribution in [0.4, 0.5) is 0 Å². The molecule has 32 heavy (non-hydrogen) atoms. The average Bonchev–Trinajstić information content (AvgIpc) is 2.79. The summed E-state index contributed by atoms with van der Waals surface area (Å²) in [5.74, 6) is 0. The van der Waals surface area contributed by atoms with Crippen LogP contribution < -0.4 is 0 Å². The molecule has 0 bridgehead atoms. The molecule has 0 unspecified atom stereocenters. The molecule has 0 aliphatic rings. The van der Waals surface area contributed by atoms with E-state index in [2.05, 4.69) is 20.8 Å². The smallest absolute Gasteiger partial charge is 0.309 e. The van der Waals surface area contributed by atoms with Gasteiger partial charge in [0, 0.05) is 0 Å². The van der Waals surface area contributed by atoms with E-state index in [4.69, 9.17) is 9.05 Å². The quantitative estimate of drug-likeness (QED) is 0.0877. The standard InChI is InChI=1S/C28H59O3P/c1-4-7-10-13-16-18-20-23-26-30-32(29,28-25-22-15-12-9-6-3)31-27-24-21-19-17-14-11-8-5-2/h4-28H2,1-3H3. The molecule has 194 valence electrons. The fourth-order valence-corrected chi connectivity index (χ4v) is 5.89. The second-order valence-corrected chi connectivity index (χ2v) is 11.9. The summed E-state index contributed by atoms with van der Waals surface area (Å²) in [6.45, 7) is 7.96. The van der Waals surface area contributed by atoms with E-state index in [9.17, 15) is 4.57 Å². The predicted octanol–water partition coefficient (Wildman–Crippen LogP) is 10.9. The normalized spacial score (nSPS) is 12.0. The van der Waals surface area contributed by atoms with Crippen molar-refractivity contribution in [3.63, 3.8) is 0 Å². The van der Waals surface area contributed by atoms with Crippen molar-refractivity contribution < 1.29 is 13.6 Å². The highest BCUT2D eigenvalue weighted by atomic mass is 31.2. The highest BCUT2D eigenvalue weighted by Crippen LogP contribution is 2.49. The van der Waals surface area contributed by atoms with E-state index in [1.54, 1.807) is 0 Å². The van der Waals surface area contributed by atoms with Gasteiger partial charge in [0.15, 0.2) is 0 Å².